The van der Waals surface area contributed by atoms with Crippen LogP contribution in [0.15, 0.2) is 0 Å². The highest BCUT2D eigenvalue weighted by Crippen LogP contribution is 2.13. The van der Waals surface area contributed by atoms with Gasteiger partial charge in [0.2, 0.25) is 0 Å². The van der Waals surface area contributed by atoms with E-state index in [1.54, 1.807) is 0 Å². The zero-order chi connectivity index (χ0) is 14.9. The molecule has 0 radical (unpaired) electrons. The molecule has 19 heavy (non-hydrogen) atoms. The smallest absolute Gasteiger partial charge is 0.327 e. The summed E-state index contributed by atoms with van der Waals surface area (Å²) >= 11 is 0. The first-order valence-electron chi connectivity index (χ1n) is 7.53. The fourth-order valence-corrected chi connectivity index (χ4v) is 2.18. The average Bonchev–Trinajstić information content (AvgIpc) is 2.36. The van der Waals surface area contributed by atoms with Gasteiger partial charge >= 0.3 is 5.97 Å². The number of likely N-dealkylation sites (N-methyl/N-ethyl adjacent to an activating group) is 1. The minimum absolute atomic E-state index is 0.154. The summed E-state index contributed by atoms with van der Waals surface area (Å²) in [6.45, 7) is 12.2. The van der Waals surface area contributed by atoms with E-state index in [4.69, 9.17) is 4.74 Å². The monoisotopic (exact) mass is 272 g/mol. The lowest BCUT2D eigenvalue weighted by Crippen LogP contribution is -2.58. The highest BCUT2D eigenvalue weighted by atomic mass is 16.5. The van der Waals surface area contributed by atoms with E-state index >= 15 is 0 Å². The predicted molar refractivity (Wildman–Crippen MR) is 80.3 cm³/mol. The second-order valence-corrected chi connectivity index (χ2v) is 5.53. The molecule has 0 heterocycles. The van der Waals surface area contributed by atoms with E-state index in [9.17, 15) is 4.79 Å². The SMILES string of the molecule is CCCNC(C)(CN(C)C(C)CCC)C(=O)OCC. The van der Waals surface area contributed by atoms with Crippen molar-refractivity contribution in [3.05, 3.63) is 0 Å². The van der Waals surface area contributed by atoms with Crippen LogP contribution >= 0.6 is 0 Å². The minimum atomic E-state index is -0.622. The summed E-state index contributed by atoms with van der Waals surface area (Å²) in [6, 6.07) is 0.474. The van der Waals surface area contributed by atoms with Crippen LogP contribution in [0.2, 0.25) is 0 Å². The fraction of sp³-hybridized carbons (Fsp3) is 0.933. The van der Waals surface area contributed by atoms with Crippen LogP contribution in [-0.4, -0.2) is 49.2 Å². The molecular formula is C15H32N2O2. The highest BCUT2D eigenvalue weighted by molar-refractivity contribution is 5.80. The van der Waals surface area contributed by atoms with Gasteiger partial charge in [-0.3, -0.25) is 4.79 Å². The van der Waals surface area contributed by atoms with E-state index < -0.39 is 5.54 Å². The second kappa shape index (κ2) is 9.32. The van der Waals surface area contributed by atoms with Crippen LogP contribution in [0.1, 0.15) is 53.9 Å². The molecule has 0 rings (SSSR count). The van der Waals surface area contributed by atoms with E-state index in [2.05, 4.69) is 38.0 Å². The third-order valence-corrected chi connectivity index (χ3v) is 3.52. The lowest BCUT2D eigenvalue weighted by Gasteiger charge is -2.35. The first-order chi connectivity index (χ1) is 8.91. The Labute approximate surface area is 118 Å². The Bertz CT molecular complexity index is 259. The Morgan fingerprint density at radius 1 is 1.32 bits per heavy atom. The Kier molecular flexibility index (Phi) is 9.02. The standard InChI is InChI=1S/C15H32N2O2/c1-7-10-13(4)17(6)12-15(5,16-11-8-2)14(18)19-9-3/h13,16H,7-12H2,1-6H3. The van der Waals surface area contributed by atoms with Crippen LogP contribution in [0.5, 0.6) is 0 Å². The van der Waals surface area contributed by atoms with E-state index in [1.165, 1.54) is 0 Å². The Morgan fingerprint density at radius 3 is 2.42 bits per heavy atom. The largest absolute Gasteiger partial charge is 0.465 e. The van der Waals surface area contributed by atoms with Gasteiger partial charge in [0.1, 0.15) is 5.54 Å². The summed E-state index contributed by atoms with van der Waals surface area (Å²) in [5.74, 6) is -0.154. The Hall–Kier alpha value is -0.610. The molecule has 0 saturated heterocycles. The van der Waals surface area contributed by atoms with Gasteiger partial charge in [-0.25, -0.2) is 0 Å². The van der Waals surface area contributed by atoms with Crippen LogP contribution in [0.4, 0.5) is 0 Å². The maximum absolute atomic E-state index is 12.2. The molecule has 0 spiro atoms. The van der Waals surface area contributed by atoms with Crippen molar-refractivity contribution >= 4 is 5.97 Å². The molecule has 0 aromatic carbocycles. The zero-order valence-electron chi connectivity index (χ0n) is 13.6. The number of rotatable bonds is 10. The second-order valence-electron chi connectivity index (χ2n) is 5.53. The minimum Gasteiger partial charge on any atom is -0.465 e. The van der Waals surface area contributed by atoms with Crippen molar-refractivity contribution in [3.63, 3.8) is 0 Å². The van der Waals surface area contributed by atoms with E-state index in [0.29, 0.717) is 19.2 Å². The van der Waals surface area contributed by atoms with Crippen LogP contribution in [0.25, 0.3) is 0 Å². The van der Waals surface area contributed by atoms with E-state index in [1.807, 2.05) is 13.8 Å². The van der Waals surface area contributed by atoms with Crippen LogP contribution < -0.4 is 5.32 Å². The summed E-state index contributed by atoms with van der Waals surface area (Å²) in [6.07, 6.45) is 3.30. The molecule has 0 aromatic rings. The molecule has 0 bridgehead atoms. The van der Waals surface area contributed by atoms with Gasteiger partial charge in [0, 0.05) is 12.6 Å². The number of hydrogen-bond donors (Lipinski definition) is 1. The molecule has 0 aliphatic rings. The molecule has 2 atom stereocenters. The number of carbonyl (C=O) groups is 1. The molecule has 0 aromatic heterocycles. The maximum atomic E-state index is 12.2. The highest BCUT2D eigenvalue weighted by Gasteiger charge is 2.35. The van der Waals surface area contributed by atoms with Crippen molar-refractivity contribution in [1.29, 1.82) is 0 Å². The van der Waals surface area contributed by atoms with Gasteiger partial charge in [-0.05, 0) is 47.2 Å². The van der Waals surface area contributed by atoms with Gasteiger partial charge < -0.3 is 15.0 Å². The van der Waals surface area contributed by atoms with Gasteiger partial charge in [-0.2, -0.15) is 0 Å². The first-order valence-corrected chi connectivity index (χ1v) is 7.53. The van der Waals surface area contributed by atoms with Crippen LogP contribution in [0, 0.1) is 0 Å². The Morgan fingerprint density at radius 2 is 1.95 bits per heavy atom. The molecule has 1 N–H and O–H groups in total. The fourth-order valence-electron chi connectivity index (χ4n) is 2.18. The number of carbonyl (C=O) groups excluding carboxylic acids is 1. The molecule has 0 aliphatic carbocycles. The van der Waals surface area contributed by atoms with Gasteiger partial charge in [0.25, 0.3) is 0 Å². The third-order valence-electron chi connectivity index (χ3n) is 3.52. The van der Waals surface area contributed by atoms with E-state index in [0.717, 1.165) is 25.8 Å². The van der Waals surface area contributed by atoms with Crippen molar-refractivity contribution < 1.29 is 9.53 Å². The van der Waals surface area contributed by atoms with Gasteiger partial charge in [-0.15, -0.1) is 0 Å². The summed E-state index contributed by atoms with van der Waals surface area (Å²) in [5.41, 5.74) is -0.622. The summed E-state index contributed by atoms with van der Waals surface area (Å²) in [7, 11) is 2.07. The normalized spacial score (nSPS) is 16.2. The molecule has 4 heteroatoms. The van der Waals surface area contributed by atoms with Crippen molar-refractivity contribution in [2.75, 3.05) is 26.7 Å². The molecule has 0 fully saturated rings. The lowest BCUT2D eigenvalue weighted by molar-refractivity contribution is -0.151. The molecule has 0 aliphatic heterocycles. The molecule has 4 nitrogen and oxygen atoms in total. The summed E-state index contributed by atoms with van der Waals surface area (Å²) < 4.78 is 5.22. The molecule has 2 unspecified atom stereocenters. The van der Waals surface area contributed by atoms with Crippen molar-refractivity contribution in [2.24, 2.45) is 0 Å². The summed E-state index contributed by atoms with van der Waals surface area (Å²) in [4.78, 5) is 14.4. The molecule has 114 valence electrons. The van der Waals surface area contributed by atoms with Gasteiger partial charge in [-0.1, -0.05) is 20.3 Å². The number of nitrogens with one attached hydrogen (secondary N) is 1. The van der Waals surface area contributed by atoms with Crippen LogP contribution in [-0.2, 0) is 9.53 Å². The number of hydrogen-bond acceptors (Lipinski definition) is 4. The van der Waals surface area contributed by atoms with Gasteiger partial charge in [0.15, 0.2) is 0 Å². The van der Waals surface area contributed by atoms with Crippen molar-refractivity contribution in [1.82, 2.24) is 10.2 Å². The lowest BCUT2D eigenvalue weighted by atomic mass is 10.00. The van der Waals surface area contributed by atoms with Crippen molar-refractivity contribution in [2.45, 2.75) is 65.5 Å². The number of ether oxygens (including phenoxy) is 1. The maximum Gasteiger partial charge on any atom is 0.327 e. The topological polar surface area (TPSA) is 41.6 Å². The number of esters is 1. The molecular weight excluding hydrogens is 240 g/mol. The van der Waals surface area contributed by atoms with Crippen molar-refractivity contribution in [3.8, 4) is 0 Å². The molecule has 0 saturated carbocycles. The molecule has 0 amide bonds. The Balaban J connectivity index is 4.69. The summed E-state index contributed by atoms with van der Waals surface area (Å²) in [5, 5.41) is 3.34. The number of nitrogens with zero attached hydrogens (tertiary/aromatic N) is 1. The average molecular weight is 272 g/mol. The first kappa shape index (κ1) is 18.4. The zero-order valence-corrected chi connectivity index (χ0v) is 13.6. The van der Waals surface area contributed by atoms with Crippen LogP contribution in [0.3, 0.4) is 0 Å². The quantitative estimate of drug-likeness (QED) is 0.620. The van der Waals surface area contributed by atoms with E-state index in [-0.39, 0.29) is 5.97 Å². The van der Waals surface area contributed by atoms with Gasteiger partial charge in [0.05, 0.1) is 6.61 Å². The third kappa shape index (κ3) is 6.39. The predicted octanol–water partition coefficient (Wildman–Crippen LogP) is 2.43.